The average Bonchev–Trinajstić information content (AvgIpc) is 2.72. The minimum atomic E-state index is 0.589. The van der Waals surface area contributed by atoms with Crippen molar-refractivity contribution in [2.24, 2.45) is 5.73 Å². The summed E-state index contributed by atoms with van der Waals surface area (Å²) in [5.41, 5.74) is 5.60. The second kappa shape index (κ2) is 6.83. The first kappa shape index (κ1) is 13.4. The molecule has 1 rings (SSSR count). The van der Waals surface area contributed by atoms with Crippen LogP contribution in [0.2, 0.25) is 0 Å². The van der Waals surface area contributed by atoms with E-state index in [1.54, 1.807) is 11.3 Å². The van der Waals surface area contributed by atoms with Crippen molar-refractivity contribution in [3.8, 4) is 0 Å². The molecule has 1 aromatic heterocycles. The standard InChI is InChI=1S/C11H22N4S/c1-4-5-15(7-6-14(2)3)11-13-9-10(8-12)16-11/h9H,4-8,12H2,1-3H3. The summed E-state index contributed by atoms with van der Waals surface area (Å²) in [4.78, 5) is 10.1. The Kier molecular flexibility index (Phi) is 5.73. The van der Waals surface area contributed by atoms with Crippen LogP contribution in [-0.4, -0.2) is 43.6 Å². The van der Waals surface area contributed by atoms with Crippen LogP contribution in [0.25, 0.3) is 0 Å². The van der Waals surface area contributed by atoms with Gasteiger partial charge in [-0.15, -0.1) is 11.3 Å². The van der Waals surface area contributed by atoms with Crippen molar-refractivity contribution in [1.29, 1.82) is 0 Å². The van der Waals surface area contributed by atoms with E-state index in [0.29, 0.717) is 6.54 Å². The van der Waals surface area contributed by atoms with Gasteiger partial charge < -0.3 is 15.5 Å². The number of thiazole rings is 1. The van der Waals surface area contributed by atoms with Crippen LogP contribution < -0.4 is 10.6 Å². The lowest BCUT2D eigenvalue weighted by molar-refractivity contribution is 0.413. The van der Waals surface area contributed by atoms with Gasteiger partial charge in [0.15, 0.2) is 5.13 Å². The normalized spacial score (nSPS) is 11.1. The maximum Gasteiger partial charge on any atom is 0.185 e. The number of likely N-dealkylation sites (N-methyl/N-ethyl adjacent to an activating group) is 1. The van der Waals surface area contributed by atoms with Crippen molar-refractivity contribution in [2.45, 2.75) is 19.9 Å². The molecule has 4 nitrogen and oxygen atoms in total. The quantitative estimate of drug-likeness (QED) is 0.784. The minimum Gasteiger partial charge on any atom is -0.347 e. The van der Waals surface area contributed by atoms with Crippen molar-refractivity contribution in [1.82, 2.24) is 9.88 Å². The number of hydrogen-bond donors (Lipinski definition) is 1. The molecule has 0 bridgehead atoms. The van der Waals surface area contributed by atoms with Gasteiger partial charge in [-0.1, -0.05) is 6.92 Å². The fraction of sp³-hybridized carbons (Fsp3) is 0.727. The minimum absolute atomic E-state index is 0.589. The van der Waals surface area contributed by atoms with Gasteiger partial charge in [0, 0.05) is 37.3 Å². The molecule has 0 aromatic carbocycles. The molecule has 0 amide bonds. The first-order chi connectivity index (χ1) is 7.67. The molecule has 1 heterocycles. The lowest BCUT2D eigenvalue weighted by Crippen LogP contribution is -2.32. The van der Waals surface area contributed by atoms with E-state index in [0.717, 1.165) is 36.1 Å². The molecule has 16 heavy (non-hydrogen) atoms. The van der Waals surface area contributed by atoms with E-state index in [2.05, 4.69) is 35.8 Å². The Balaban J connectivity index is 2.60. The summed E-state index contributed by atoms with van der Waals surface area (Å²) in [6.07, 6.45) is 3.03. The number of anilines is 1. The van der Waals surface area contributed by atoms with Crippen LogP contribution in [0.1, 0.15) is 18.2 Å². The van der Waals surface area contributed by atoms with E-state index in [1.165, 1.54) is 0 Å². The Bertz CT molecular complexity index is 298. The molecule has 5 heteroatoms. The molecule has 0 atom stereocenters. The van der Waals surface area contributed by atoms with Gasteiger partial charge in [-0.25, -0.2) is 4.98 Å². The van der Waals surface area contributed by atoms with E-state index >= 15 is 0 Å². The van der Waals surface area contributed by atoms with Gasteiger partial charge in [0.05, 0.1) is 0 Å². The van der Waals surface area contributed by atoms with Gasteiger partial charge >= 0.3 is 0 Å². The first-order valence-corrected chi connectivity index (χ1v) is 6.53. The van der Waals surface area contributed by atoms with Crippen LogP contribution in [0.15, 0.2) is 6.20 Å². The van der Waals surface area contributed by atoms with Gasteiger partial charge in [0.1, 0.15) is 0 Å². The highest BCUT2D eigenvalue weighted by atomic mass is 32.1. The van der Waals surface area contributed by atoms with Gasteiger partial charge in [0.2, 0.25) is 0 Å². The van der Waals surface area contributed by atoms with E-state index in [-0.39, 0.29) is 0 Å². The molecule has 0 saturated heterocycles. The Morgan fingerprint density at radius 1 is 1.31 bits per heavy atom. The summed E-state index contributed by atoms with van der Waals surface area (Å²) in [5.74, 6) is 0. The maximum absolute atomic E-state index is 5.60. The van der Waals surface area contributed by atoms with Crippen LogP contribution in [0, 0.1) is 0 Å². The van der Waals surface area contributed by atoms with Crippen molar-refractivity contribution in [2.75, 3.05) is 38.6 Å². The zero-order valence-electron chi connectivity index (χ0n) is 10.4. The Hall–Kier alpha value is -0.650. The van der Waals surface area contributed by atoms with Gasteiger partial charge in [-0.2, -0.15) is 0 Å². The topological polar surface area (TPSA) is 45.4 Å². The number of aromatic nitrogens is 1. The molecular weight excluding hydrogens is 220 g/mol. The van der Waals surface area contributed by atoms with E-state index in [9.17, 15) is 0 Å². The third-order valence-corrected chi connectivity index (χ3v) is 3.40. The van der Waals surface area contributed by atoms with E-state index in [1.807, 2.05) is 6.20 Å². The number of rotatable bonds is 7. The summed E-state index contributed by atoms with van der Waals surface area (Å²) in [5, 5.41) is 1.10. The summed E-state index contributed by atoms with van der Waals surface area (Å²) >= 11 is 1.70. The lowest BCUT2D eigenvalue weighted by atomic mass is 10.4. The van der Waals surface area contributed by atoms with Gasteiger partial charge in [0.25, 0.3) is 0 Å². The fourth-order valence-electron chi connectivity index (χ4n) is 1.43. The third kappa shape index (κ3) is 4.08. The molecule has 92 valence electrons. The van der Waals surface area contributed by atoms with E-state index < -0.39 is 0 Å². The molecule has 0 unspecified atom stereocenters. The molecule has 0 spiro atoms. The van der Waals surface area contributed by atoms with Gasteiger partial charge in [-0.3, -0.25) is 0 Å². The Morgan fingerprint density at radius 2 is 2.06 bits per heavy atom. The number of hydrogen-bond acceptors (Lipinski definition) is 5. The molecular formula is C11H22N4S. The molecule has 0 aliphatic carbocycles. The van der Waals surface area contributed by atoms with Crippen molar-refractivity contribution >= 4 is 16.5 Å². The third-order valence-electron chi connectivity index (χ3n) is 2.32. The molecule has 0 fully saturated rings. The smallest absolute Gasteiger partial charge is 0.185 e. The average molecular weight is 242 g/mol. The molecule has 0 radical (unpaired) electrons. The maximum atomic E-state index is 5.60. The van der Waals surface area contributed by atoms with Crippen LogP contribution in [0.3, 0.4) is 0 Å². The molecule has 0 aliphatic rings. The van der Waals surface area contributed by atoms with Crippen molar-refractivity contribution < 1.29 is 0 Å². The molecule has 0 aliphatic heterocycles. The predicted octanol–water partition coefficient (Wildman–Crippen LogP) is 1.38. The lowest BCUT2D eigenvalue weighted by Gasteiger charge is -2.23. The van der Waals surface area contributed by atoms with Crippen LogP contribution in [-0.2, 0) is 6.54 Å². The van der Waals surface area contributed by atoms with Crippen LogP contribution >= 0.6 is 11.3 Å². The largest absolute Gasteiger partial charge is 0.347 e. The summed E-state index contributed by atoms with van der Waals surface area (Å²) in [7, 11) is 4.19. The highest BCUT2D eigenvalue weighted by Crippen LogP contribution is 2.22. The van der Waals surface area contributed by atoms with Crippen LogP contribution in [0.4, 0.5) is 5.13 Å². The number of nitrogens with two attached hydrogens (primary N) is 1. The van der Waals surface area contributed by atoms with Gasteiger partial charge in [-0.05, 0) is 20.5 Å². The monoisotopic (exact) mass is 242 g/mol. The molecule has 1 aromatic rings. The highest BCUT2D eigenvalue weighted by molar-refractivity contribution is 7.15. The zero-order valence-corrected chi connectivity index (χ0v) is 11.3. The van der Waals surface area contributed by atoms with E-state index in [4.69, 9.17) is 5.73 Å². The highest BCUT2D eigenvalue weighted by Gasteiger charge is 2.10. The fourth-order valence-corrected chi connectivity index (χ4v) is 2.27. The first-order valence-electron chi connectivity index (χ1n) is 5.71. The molecule has 0 saturated carbocycles. The van der Waals surface area contributed by atoms with Crippen LogP contribution in [0.5, 0.6) is 0 Å². The summed E-state index contributed by atoms with van der Waals surface area (Å²) in [6, 6.07) is 0. The second-order valence-corrected chi connectivity index (χ2v) is 5.20. The van der Waals surface area contributed by atoms with Crippen molar-refractivity contribution in [3.05, 3.63) is 11.1 Å². The predicted molar refractivity (Wildman–Crippen MR) is 71.1 cm³/mol. The molecule has 2 N–H and O–H groups in total. The SMILES string of the molecule is CCCN(CCN(C)C)c1ncc(CN)s1. The summed E-state index contributed by atoms with van der Waals surface area (Å²) in [6.45, 7) is 5.92. The summed E-state index contributed by atoms with van der Waals surface area (Å²) < 4.78 is 0. The number of nitrogens with zero attached hydrogens (tertiary/aromatic N) is 3. The Morgan fingerprint density at radius 3 is 2.56 bits per heavy atom. The van der Waals surface area contributed by atoms with Crippen molar-refractivity contribution in [3.63, 3.8) is 0 Å². The zero-order chi connectivity index (χ0) is 12.0. The second-order valence-electron chi connectivity index (χ2n) is 4.10. The Labute approximate surface area is 102 Å².